The molecule has 1 aliphatic heterocycles. The van der Waals surface area contributed by atoms with Crippen LogP contribution in [0.3, 0.4) is 0 Å². The van der Waals surface area contributed by atoms with Gasteiger partial charge in [-0.25, -0.2) is 0 Å². The standard InChI is InChI=1S/C17H16BrNO/c1-12-10-13-6-2-5-9-16(13)19(11-12)17(20)14-7-3-4-8-15(14)18/h2-9,12H,10-11H2,1H3. The Morgan fingerprint density at radius 1 is 1.15 bits per heavy atom. The van der Waals surface area contributed by atoms with Gasteiger partial charge in [0, 0.05) is 16.7 Å². The van der Waals surface area contributed by atoms with Crippen molar-refractivity contribution in [1.82, 2.24) is 0 Å². The summed E-state index contributed by atoms with van der Waals surface area (Å²) in [5, 5.41) is 0. The lowest BCUT2D eigenvalue weighted by atomic mass is 9.93. The lowest BCUT2D eigenvalue weighted by Crippen LogP contribution is -2.39. The van der Waals surface area contributed by atoms with E-state index >= 15 is 0 Å². The van der Waals surface area contributed by atoms with Gasteiger partial charge in [0.05, 0.1) is 5.56 Å². The first-order chi connectivity index (χ1) is 9.66. The Morgan fingerprint density at radius 2 is 1.85 bits per heavy atom. The highest BCUT2D eigenvalue weighted by Gasteiger charge is 2.27. The highest BCUT2D eigenvalue weighted by atomic mass is 79.9. The Kier molecular flexibility index (Phi) is 3.62. The molecule has 20 heavy (non-hydrogen) atoms. The van der Waals surface area contributed by atoms with E-state index in [1.165, 1.54) is 5.56 Å². The van der Waals surface area contributed by atoms with Crippen LogP contribution in [-0.2, 0) is 6.42 Å². The minimum absolute atomic E-state index is 0.0662. The van der Waals surface area contributed by atoms with Crippen molar-refractivity contribution in [3.63, 3.8) is 0 Å². The summed E-state index contributed by atoms with van der Waals surface area (Å²) in [6.45, 7) is 2.97. The summed E-state index contributed by atoms with van der Waals surface area (Å²) in [4.78, 5) is 14.7. The van der Waals surface area contributed by atoms with Gasteiger partial charge in [0.25, 0.3) is 5.91 Å². The molecule has 0 N–H and O–H groups in total. The maximum Gasteiger partial charge on any atom is 0.259 e. The third-order valence-electron chi connectivity index (χ3n) is 3.69. The highest BCUT2D eigenvalue weighted by molar-refractivity contribution is 9.10. The van der Waals surface area contributed by atoms with Crippen molar-refractivity contribution < 1.29 is 4.79 Å². The van der Waals surface area contributed by atoms with E-state index in [9.17, 15) is 4.79 Å². The molecule has 0 aliphatic carbocycles. The number of para-hydroxylation sites is 1. The van der Waals surface area contributed by atoms with Gasteiger partial charge in [-0.1, -0.05) is 37.3 Å². The van der Waals surface area contributed by atoms with Crippen LogP contribution < -0.4 is 4.90 Å². The molecule has 0 radical (unpaired) electrons. The van der Waals surface area contributed by atoms with E-state index in [1.54, 1.807) is 0 Å². The molecule has 1 unspecified atom stereocenters. The van der Waals surface area contributed by atoms with Crippen LogP contribution in [0.2, 0.25) is 0 Å². The first-order valence-electron chi connectivity index (χ1n) is 6.81. The van der Waals surface area contributed by atoms with Crippen LogP contribution in [0.15, 0.2) is 53.0 Å². The Morgan fingerprint density at radius 3 is 2.65 bits per heavy atom. The van der Waals surface area contributed by atoms with Crippen LogP contribution in [-0.4, -0.2) is 12.5 Å². The molecule has 102 valence electrons. The molecule has 0 fully saturated rings. The second-order valence-corrected chi connectivity index (χ2v) is 6.19. The Balaban J connectivity index is 2.02. The van der Waals surface area contributed by atoms with Crippen LogP contribution >= 0.6 is 15.9 Å². The summed E-state index contributed by atoms with van der Waals surface area (Å²) in [5.41, 5.74) is 3.02. The molecule has 0 aromatic heterocycles. The monoisotopic (exact) mass is 329 g/mol. The zero-order chi connectivity index (χ0) is 14.1. The molecule has 0 saturated heterocycles. The lowest BCUT2D eigenvalue weighted by molar-refractivity contribution is 0.0980. The summed E-state index contributed by atoms with van der Waals surface area (Å²) in [6, 6.07) is 15.8. The normalized spacial score (nSPS) is 17.7. The molecule has 2 nitrogen and oxygen atoms in total. The maximum atomic E-state index is 12.8. The fourth-order valence-electron chi connectivity index (χ4n) is 2.77. The minimum Gasteiger partial charge on any atom is -0.308 e. The first-order valence-corrected chi connectivity index (χ1v) is 7.60. The molecule has 3 rings (SSSR count). The van der Waals surface area contributed by atoms with Crippen molar-refractivity contribution >= 4 is 27.5 Å². The van der Waals surface area contributed by atoms with Gasteiger partial charge in [0.15, 0.2) is 0 Å². The van der Waals surface area contributed by atoms with E-state index in [0.717, 1.165) is 28.7 Å². The van der Waals surface area contributed by atoms with Crippen LogP contribution in [0.4, 0.5) is 5.69 Å². The summed E-state index contributed by atoms with van der Waals surface area (Å²) in [6.07, 6.45) is 1.04. The molecule has 1 aliphatic rings. The largest absolute Gasteiger partial charge is 0.308 e. The third-order valence-corrected chi connectivity index (χ3v) is 4.39. The van der Waals surface area contributed by atoms with Crippen molar-refractivity contribution in [2.75, 3.05) is 11.4 Å². The van der Waals surface area contributed by atoms with Crippen molar-refractivity contribution in [1.29, 1.82) is 0 Å². The molecular weight excluding hydrogens is 314 g/mol. The predicted molar refractivity (Wildman–Crippen MR) is 85.1 cm³/mol. The fraction of sp³-hybridized carbons (Fsp3) is 0.235. The molecular formula is C17H16BrNO. The quantitative estimate of drug-likeness (QED) is 0.764. The van der Waals surface area contributed by atoms with E-state index in [2.05, 4.69) is 28.9 Å². The molecule has 0 bridgehead atoms. The molecule has 3 heteroatoms. The van der Waals surface area contributed by atoms with Gasteiger partial charge in [-0.2, -0.15) is 0 Å². The molecule has 2 aromatic rings. The number of nitrogens with zero attached hydrogens (tertiary/aromatic N) is 1. The van der Waals surface area contributed by atoms with Gasteiger partial charge in [0.2, 0.25) is 0 Å². The van der Waals surface area contributed by atoms with E-state index in [4.69, 9.17) is 0 Å². The van der Waals surface area contributed by atoms with Crippen molar-refractivity contribution in [3.8, 4) is 0 Å². The number of anilines is 1. The van der Waals surface area contributed by atoms with Crippen LogP contribution in [0.1, 0.15) is 22.8 Å². The lowest BCUT2D eigenvalue weighted by Gasteiger charge is -2.33. The van der Waals surface area contributed by atoms with Crippen LogP contribution in [0.25, 0.3) is 0 Å². The Labute approximate surface area is 127 Å². The van der Waals surface area contributed by atoms with Gasteiger partial charge < -0.3 is 4.90 Å². The number of carbonyl (C=O) groups is 1. The molecule has 0 saturated carbocycles. The predicted octanol–water partition coefficient (Wildman–Crippen LogP) is 4.29. The van der Waals surface area contributed by atoms with E-state index in [-0.39, 0.29) is 5.91 Å². The second kappa shape index (κ2) is 5.41. The Bertz CT molecular complexity index is 653. The smallest absolute Gasteiger partial charge is 0.259 e. The first kappa shape index (κ1) is 13.4. The van der Waals surface area contributed by atoms with Crippen molar-refractivity contribution in [3.05, 3.63) is 64.1 Å². The number of hydrogen-bond acceptors (Lipinski definition) is 1. The second-order valence-electron chi connectivity index (χ2n) is 5.33. The van der Waals surface area contributed by atoms with E-state index in [0.29, 0.717) is 5.92 Å². The molecule has 2 aromatic carbocycles. The number of rotatable bonds is 1. The number of halogens is 1. The molecule has 1 amide bonds. The molecule has 1 atom stereocenters. The van der Waals surface area contributed by atoms with Gasteiger partial charge >= 0.3 is 0 Å². The number of carbonyl (C=O) groups excluding carboxylic acids is 1. The van der Waals surface area contributed by atoms with Gasteiger partial charge in [0.1, 0.15) is 0 Å². The Hall–Kier alpha value is -1.61. The summed E-state index contributed by atoms with van der Waals surface area (Å²) in [7, 11) is 0. The highest BCUT2D eigenvalue weighted by Crippen LogP contribution is 2.31. The van der Waals surface area contributed by atoms with Gasteiger partial charge in [-0.05, 0) is 52.0 Å². The average molecular weight is 330 g/mol. The third kappa shape index (κ3) is 2.38. The number of hydrogen-bond donors (Lipinski definition) is 0. The molecule has 1 heterocycles. The van der Waals surface area contributed by atoms with E-state index in [1.807, 2.05) is 47.4 Å². The molecule has 0 spiro atoms. The summed E-state index contributed by atoms with van der Waals surface area (Å²) < 4.78 is 0.848. The zero-order valence-electron chi connectivity index (χ0n) is 11.3. The van der Waals surface area contributed by atoms with Gasteiger partial charge in [-0.3, -0.25) is 4.79 Å². The summed E-state index contributed by atoms with van der Waals surface area (Å²) >= 11 is 3.47. The van der Waals surface area contributed by atoms with Gasteiger partial charge in [-0.15, -0.1) is 0 Å². The maximum absolute atomic E-state index is 12.8. The SMILES string of the molecule is CC1Cc2ccccc2N(C(=O)c2ccccc2Br)C1. The van der Waals surface area contributed by atoms with Crippen molar-refractivity contribution in [2.45, 2.75) is 13.3 Å². The van der Waals surface area contributed by atoms with E-state index < -0.39 is 0 Å². The number of benzene rings is 2. The summed E-state index contributed by atoms with van der Waals surface area (Å²) in [5.74, 6) is 0.549. The number of amides is 1. The topological polar surface area (TPSA) is 20.3 Å². The van der Waals surface area contributed by atoms with Crippen LogP contribution in [0, 0.1) is 5.92 Å². The minimum atomic E-state index is 0.0662. The fourth-order valence-corrected chi connectivity index (χ4v) is 3.22. The zero-order valence-corrected chi connectivity index (χ0v) is 12.9. The average Bonchev–Trinajstić information content (AvgIpc) is 2.46. The van der Waals surface area contributed by atoms with Crippen molar-refractivity contribution in [2.24, 2.45) is 5.92 Å². The van der Waals surface area contributed by atoms with Crippen LogP contribution in [0.5, 0.6) is 0 Å². The number of fused-ring (bicyclic) bond motifs is 1.